The number of para-hydroxylation sites is 1. The molecule has 134 valence electrons. The van der Waals surface area contributed by atoms with Gasteiger partial charge in [0.15, 0.2) is 5.58 Å². The Morgan fingerprint density at radius 1 is 1.07 bits per heavy atom. The van der Waals surface area contributed by atoms with Crippen LogP contribution in [0.5, 0.6) is 5.75 Å². The summed E-state index contributed by atoms with van der Waals surface area (Å²) in [5.74, 6) is 0.849. The van der Waals surface area contributed by atoms with Gasteiger partial charge in [0.25, 0.3) is 5.91 Å². The minimum atomic E-state index is -0.284. The molecule has 1 aromatic heterocycles. The number of carbonyl (C=O) groups excluding carboxylic acids is 1. The number of ether oxygens (including phenoxy) is 1. The van der Waals surface area contributed by atoms with Crippen molar-refractivity contribution in [3.8, 4) is 17.2 Å². The van der Waals surface area contributed by atoms with Crippen molar-refractivity contribution in [3.63, 3.8) is 0 Å². The molecule has 0 saturated heterocycles. The van der Waals surface area contributed by atoms with E-state index in [0.29, 0.717) is 39.0 Å². The Labute approximate surface area is 160 Å². The van der Waals surface area contributed by atoms with E-state index in [4.69, 9.17) is 20.8 Å². The van der Waals surface area contributed by atoms with Gasteiger partial charge < -0.3 is 14.5 Å². The van der Waals surface area contributed by atoms with Crippen LogP contribution in [0.15, 0.2) is 71.1 Å². The Balaban J connectivity index is 1.65. The summed E-state index contributed by atoms with van der Waals surface area (Å²) in [5, 5.41) is 3.23. The Bertz CT molecular complexity index is 1140. The van der Waals surface area contributed by atoms with Crippen molar-refractivity contribution >= 4 is 34.3 Å². The van der Waals surface area contributed by atoms with Gasteiger partial charge in [-0.15, -0.1) is 0 Å². The first-order valence-electron chi connectivity index (χ1n) is 8.25. The average molecular weight is 379 g/mol. The number of amides is 1. The third kappa shape index (κ3) is 3.37. The van der Waals surface area contributed by atoms with Gasteiger partial charge in [0.1, 0.15) is 11.3 Å². The molecule has 27 heavy (non-hydrogen) atoms. The number of methoxy groups -OCH3 is 1. The van der Waals surface area contributed by atoms with Gasteiger partial charge in [0, 0.05) is 5.69 Å². The molecule has 4 aromatic rings. The summed E-state index contributed by atoms with van der Waals surface area (Å²) in [6.07, 6.45) is 0. The van der Waals surface area contributed by atoms with Crippen molar-refractivity contribution in [1.29, 1.82) is 0 Å². The van der Waals surface area contributed by atoms with Crippen molar-refractivity contribution in [2.24, 2.45) is 0 Å². The normalized spacial score (nSPS) is 10.7. The fraction of sp³-hybridized carbons (Fsp3) is 0.0476. The molecule has 0 atom stereocenters. The molecule has 5 nitrogen and oxygen atoms in total. The van der Waals surface area contributed by atoms with Crippen molar-refractivity contribution in [1.82, 2.24) is 4.98 Å². The third-order valence-electron chi connectivity index (χ3n) is 4.10. The minimum Gasteiger partial charge on any atom is -0.496 e. The van der Waals surface area contributed by atoms with Gasteiger partial charge >= 0.3 is 0 Å². The number of halogens is 1. The van der Waals surface area contributed by atoms with E-state index in [0.717, 1.165) is 5.56 Å². The smallest absolute Gasteiger partial charge is 0.257 e. The number of anilines is 1. The third-order valence-corrected chi connectivity index (χ3v) is 4.43. The van der Waals surface area contributed by atoms with Crippen molar-refractivity contribution in [3.05, 3.63) is 77.3 Å². The summed E-state index contributed by atoms with van der Waals surface area (Å²) in [4.78, 5) is 17.0. The van der Waals surface area contributed by atoms with E-state index in [1.54, 1.807) is 49.6 Å². The number of nitrogens with zero attached hydrogens (tertiary/aromatic N) is 1. The number of rotatable bonds is 4. The van der Waals surface area contributed by atoms with Crippen molar-refractivity contribution in [2.45, 2.75) is 0 Å². The maximum atomic E-state index is 12.4. The van der Waals surface area contributed by atoms with Crippen LogP contribution in [-0.4, -0.2) is 18.0 Å². The lowest BCUT2D eigenvalue weighted by atomic mass is 10.2. The van der Waals surface area contributed by atoms with Crippen LogP contribution < -0.4 is 10.1 Å². The highest BCUT2D eigenvalue weighted by Gasteiger charge is 2.14. The lowest BCUT2D eigenvalue weighted by Crippen LogP contribution is -2.12. The van der Waals surface area contributed by atoms with E-state index in [9.17, 15) is 4.79 Å². The molecule has 0 radical (unpaired) electrons. The predicted octanol–water partition coefficient (Wildman–Crippen LogP) is 5.41. The fourth-order valence-corrected chi connectivity index (χ4v) is 3.01. The van der Waals surface area contributed by atoms with Crippen LogP contribution in [0.25, 0.3) is 22.6 Å². The Morgan fingerprint density at radius 3 is 2.67 bits per heavy atom. The lowest BCUT2D eigenvalue weighted by Gasteiger charge is -2.06. The van der Waals surface area contributed by atoms with Crippen LogP contribution in [0.2, 0.25) is 5.02 Å². The van der Waals surface area contributed by atoms with Crippen LogP contribution in [0.3, 0.4) is 0 Å². The quantitative estimate of drug-likeness (QED) is 0.515. The molecule has 3 aromatic carbocycles. The van der Waals surface area contributed by atoms with E-state index in [1.807, 2.05) is 24.3 Å². The summed E-state index contributed by atoms with van der Waals surface area (Å²) < 4.78 is 11.2. The predicted molar refractivity (Wildman–Crippen MR) is 105 cm³/mol. The second-order valence-corrected chi connectivity index (χ2v) is 6.24. The number of fused-ring (bicyclic) bond motifs is 1. The largest absolute Gasteiger partial charge is 0.496 e. The zero-order chi connectivity index (χ0) is 18.8. The van der Waals surface area contributed by atoms with Gasteiger partial charge in [-0.05, 0) is 42.5 Å². The molecule has 0 aliphatic rings. The second-order valence-electron chi connectivity index (χ2n) is 5.84. The van der Waals surface area contributed by atoms with E-state index < -0.39 is 0 Å². The highest BCUT2D eigenvalue weighted by atomic mass is 35.5. The molecule has 1 heterocycles. The maximum Gasteiger partial charge on any atom is 0.257 e. The number of hydrogen-bond donors (Lipinski definition) is 1. The SMILES string of the molecule is COc1ccccc1-c1nc2cc(NC(=O)c3ccccc3Cl)ccc2o1. The molecule has 0 unspecified atom stereocenters. The zero-order valence-corrected chi connectivity index (χ0v) is 15.2. The molecule has 0 spiro atoms. The Kier molecular flexibility index (Phi) is 4.52. The highest BCUT2D eigenvalue weighted by Crippen LogP contribution is 2.32. The Morgan fingerprint density at radius 2 is 1.85 bits per heavy atom. The molecule has 1 N–H and O–H groups in total. The number of nitrogens with one attached hydrogen (secondary N) is 1. The molecule has 4 rings (SSSR count). The molecule has 6 heteroatoms. The second kappa shape index (κ2) is 7.13. The standard InChI is InChI=1S/C21H15ClN2O3/c1-26-18-9-5-3-7-15(18)21-24-17-12-13(10-11-19(17)27-21)23-20(25)14-6-2-4-8-16(14)22/h2-12H,1H3,(H,23,25). The first-order valence-corrected chi connectivity index (χ1v) is 8.63. The molecule has 0 fully saturated rings. The summed E-state index contributed by atoms with van der Waals surface area (Å²) in [7, 11) is 1.60. The molecular weight excluding hydrogens is 364 g/mol. The number of carbonyl (C=O) groups is 1. The van der Waals surface area contributed by atoms with Gasteiger partial charge in [-0.3, -0.25) is 4.79 Å². The number of benzene rings is 3. The average Bonchev–Trinajstić information content (AvgIpc) is 3.11. The van der Waals surface area contributed by atoms with E-state index in [2.05, 4.69) is 10.3 Å². The summed E-state index contributed by atoms with van der Waals surface area (Å²) >= 11 is 6.08. The molecular formula is C21H15ClN2O3. The van der Waals surface area contributed by atoms with Crippen LogP contribution in [0, 0.1) is 0 Å². The van der Waals surface area contributed by atoms with Gasteiger partial charge in [0.05, 0.1) is 23.3 Å². The monoisotopic (exact) mass is 378 g/mol. The summed E-state index contributed by atoms with van der Waals surface area (Å²) in [5.41, 5.74) is 3.03. The summed E-state index contributed by atoms with van der Waals surface area (Å²) in [6.45, 7) is 0. The van der Waals surface area contributed by atoms with Crippen LogP contribution in [0.1, 0.15) is 10.4 Å². The minimum absolute atomic E-state index is 0.284. The van der Waals surface area contributed by atoms with Gasteiger partial charge in [-0.1, -0.05) is 35.9 Å². The molecule has 0 saturated carbocycles. The first-order chi connectivity index (χ1) is 13.2. The van der Waals surface area contributed by atoms with Crippen molar-refractivity contribution < 1.29 is 13.9 Å². The van der Waals surface area contributed by atoms with E-state index in [1.165, 1.54) is 0 Å². The lowest BCUT2D eigenvalue weighted by molar-refractivity contribution is 0.102. The van der Waals surface area contributed by atoms with Crippen LogP contribution >= 0.6 is 11.6 Å². The van der Waals surface area contributed by atoms with Crippen molar-refractivity contribution in [2.75, 3.05) is 12.4 Å². The highest BCUT2D eigenvalue weighted by molar-refractivity contribution is 6.34. The maximum absolute atomic E-state index is 12.4. The van der Waals surface area contributed by atoms with E-state index in [-0.39, 0.29) is 5.91 Å². The van der Waals surface area contributed by atoms with Crippen LogP contribution in [-0.2, 0) is 0 Å². The van der Waals surface area contributed by atoms with Crippen LogP contribution in [0.4, 0.5) is 5.69 Å². The molecule has 0 aliphatic heterocycles. The van der Waals surface area contributed by atoms with Gasteiger partial charge in [-0.25, -0.2) is 4.98 Å². The van der Waals surface area contributed by atoms with Gasteiger partial charge in [-0.2, -0.15) is 0 Å². The molecule has 0 aliphatic carbocycles. The number of oxazole rings is 1. The number of hydrogen-bond acceptors (Lipinski definition) is 4. The zero-order valence-electron chi connectivity index (χ0n) is 14.4. The van der Waals surface area contributed by atoms with E-state index >= 15 is 0 Å². The molecule has 1 amide bonds. The van der Waals surface area contributed by atoms with Gasteiger partial charge in [0.2, 0.25) is 5.89 Å². The fourth-order valence-electron chi connectivity index (χ4n) is 2.79. The topological polar surface area (TPSA) is 64.4 Å². The summed E-state index contributed by atoms with van der Waals surface area (Å²) in [6, 6.07) is 19.7. The molecule has 0 bridgehead atoms. The number of aromatic nitrogens is 1. The Hall–Kier alpha value is -3.31. The first kappa shape index (κ1) is 17.1.